The molecule has 2 rings (SSSR count). The van der Waals surface area contributed by atoms with Crippen LogP contribution in [-0.2, 0) is 10.0 Å². The molecule has 1 aliphatic rings. The van der Waals surface area contributed by atoms with Gasteiger partial charge in [-0.1, -0.05) is 6.92 Å². The highest BCUT2D eigenvalue weighted by molar-refractivity contribution is 7.89. The van der Waals surface area contributed by atoms with E-state index >= 15 is 0 Å². The van der Waals surface area contributed by atoms with Crippen molar-refractivity contribution in [2.75, 3.05) is 13.1 Å². The number of nitrogens with zero attached hydrogens (tertiary/aromatic N) is 2. The van der Waals surface area contributed by atoms with Crippen molar-refractivity contribution in [3.05, 3.63) is 24.1 Å². The highest BCUT2D eigenvalue weighted by Gasteiger charge is 2.31. The number of rotatable bonds is 2. The van der Waals surface area contributed by atoms with Crippen LogP contribution in [0.4, 0.5) is 4.39 Å². The molecular formula is C11H15FN2O2S. The fraction of sp³-hybridized carbons (Fsp3) is 0.545. The molecule has 0 atom stereocenters. The van der Waals surface area contributed by atoms with Crippen molar-refractivity contribution < 1.29 is 12.8 Å². The van der Waals surface area contributed by atoms with Gasteiger partial charge in [0, 0.05) is 19.3 Å². The highest BCUT2D eigenvalue weighted by atomic mass is 32.2. The first-order valence-electron chi connectivity index (χ1n) is 5.62. The van der Waals surface area contributed by atoms with Crippen LogP contribution < -0.4 is 0 Å². The smallest absolute Gasteiger partial charge is 0.241 e. The van der Waals surface area contributed by atoms with Crippen LogP contribution in [0.25, 0.3) is 0 Å². The van der Waals surface area contributed by atoms with Gasteiger partial charge in [-0.05, 0) is 30.9 Å². The summed E-state index contributed by atoms with van der Waals surface area (Å²) in [6, 6.07) is 2.50. The van der Waals surface area contributed by atoms with Crippen LogP contribution in [0.2, 0.25) is 0 Å². The Morgan fingerprint density at radius 1 is 1.41 bits per heavy atom. The number of hydrogen-bond acceptors (Lipinski definition) is 3. The Kier molecular flexibility index (Phi) is 3.44. The molecule has 0 unspecified atom stereocenters. The Morgan fingerprint density at radius 3 is 2.65 bits per heavy atom. The molecule has 0 N–H and O–H groups in total. The molecule has 6 heteroatoms. The van der Waals surface area contributed by atoms with Crippen LogP contribution >= 0.6 is 0 Å². The predicted molar refractivity (Wildman–Crippen MR) is 61.4 cm³/mol. The molecule has 17 heavy (non-hydrogen) atoms. The van der Waals surface area contributed by atoms with Gasteiger partial charge in [0.1, 0.15) is 0 Å². The number of piperidine rings is 1. The molecular weight excluding hydrogens is 243 g/mol. The van der Waals surface area contributed by atoms with Gasteiger partial charge in [0.25, 0.3) is 10.0 Å². The maximum atomic E-state index is 13.4. The minimum Gasteiger partial charge on any atom is -0.241 e. The lowest BCUT2D eigenvalue weighted by Gasteiger charge is -2.28. The van der Waals surface area contributed by atoms with Crippen LogP contribution in [0.3, 0.4) is 0 Å². The Labute approximate surface area is 101 Å². The Bertz CT molecular complexity index is 496. The molecule has 0 aliphatic carbocycles. The summed E-state index contributed by atoms with van der Waals surface area (Å²) < 4.78 is 39.0. The van der Waals surface area contributed by atoms with E-state index in [0.29, 0.717) is 19.0 Å². The van der Waals surface area contributed by atoms with Crippen molar-refractivity contribution in [2.45, 2.75) is 24.8 Å². The van der Waals surface area contributed by atoms with Crippen LogP contribution in [0.1, 0.15) is 19.8 Å². The summed E-state index contributed by atoms with van der Waals surface area (Å²) >= 11 is 0. The third-order valence-electron chi connectivity index (χ3n) is 3.05. The summed E-state index contributed by atoms with van der Waals surface area (Å²) in [5.41, 5.74) is 0. The number of hydrogen-bond donors (Lipinski definition) is 0. The van der Waals surface area contributed by atoms with Crippen molar-refractivity contribution in [1.82, 2.24) is 9.29 Å². The van der Waals surface area contributed by atoms with Crippen LogP contribution in [-0.4, -0.2) is 30.8 Å². The molecule has 4 nitrogen and oxygen atoms in total. The third-order valence-corrected chi connectivity index (χ3v) is 4.89. The van der Waals surface area contributed by atoms with Crippen LogP contribution in [0, 0.1) is 11.7 Å². The summed E-state index contributed by atoms with van der Waals surface area (Å²) in [7, 11) is -3.77. The number of aromatic nitrogens is 1. The minimum absolute atomic E-state index is 0.444. The second-order valence-corrected chi connectivity index (χ2v) is 6.23. The molecule has 1 saturated heterocycles. The van der Waals surface area contributed by atoms with Crippen LogP contribution in [0.15, 0.2) is 23.4 Å². The van der Waals surface area contributed by atoms with E-state index < -0.39 is 20.9 Å². The molecule has 0 aromatic carbocycles. The zero-order chi connectivity index (χ0) is 12.5. The normalized spacial score (nSPS) is 19.4. The molecule has 0 saturated carbocycles. The van der Waals surface area contributed by atoms with Gasteiger partial charge in [0.15, 0.2) is 5.82 Å². The third kappa shape index (κ3) is 2.47. The number of halogens is 1. The largest absolute Gasteiger partial charge is 0.263 e. The van der Waals surface area contributed by atoms with E-state index in [1.165, 1.54) is 16.6 Å². The first-order chi connectivity index (χ1) is 8.01. The van der Waals surface area contributed by atoms with E-state index in [2.05, 4.69) is 11.9 Å². The molecule has 0 amide bonds. The molecule has 94 valence electrons. The molecule has 0 radical (unpaired) electrons. The van der Waals surface area contributed by atoms with E-state index in [9.17, 15) is 12.8 Å². The van der Waals surface area contributed by atoms with E-state index in [1.807, 2.05) is 0 Å². The lowest BCUT2D eigenvalue weighted by molar-refractivity contribution is 0.286. The van der Waals surface area contributed by atoms with E-state index in [-0.39, 0.29) is 0 Å². The van der Waals surface area contributed by atoms with Gasteiger partial charge >= 0.3 is 0 Å². The number of sulfonamides is 1. The summed E-state index contributed by atoms with van der Waals surface area (Å²) in [5.74, 6) is -0.263. The zero-order valence-electron chi connectivity index (χ0n) is 9.63. The zero-order valence-corrected chi connectivity index (χ0v) is 10.5. The van der Waals surface area contributed by atoms with Crippen molar-refractivity contribution in [3.63, 3.8) is 0 Å². The van der Waals surface area contributed by atoms with E-state index in [1.54, 1.807) is 0 Å². The van der Waals surface area contributed by atoms with Crippen molar-refractivity contribution in [1.29, 1.82) is 0 Å². The van der Waals surface area contributed by atoms with Gasteiger partial charge in [-0.25, -0.2) is 17.8 Å². The minimum atomic E-state index is -3.77. The fourth-order valence-electron chi connectivity index (χ4n) is 1.91. The van der Waals surface area contributed by atoms with Gasteiger partial charge in [-0.3, -0.25) is 0 Å². The van der Waals surface area contributed by atoms with Crippen LogP contribution in [0.5, 0.6) is 0 Å². The fourth-order valence-corrected chi connectivity index (χ4v) is 3.35. The quantitative estimate of drug-likeness (QED) is 0.810. The summed E-state index contributed by atoms with van der Waals surface area (Å²) in [5, 5.41) is -0.463. The Balaban J connectivity index is 2.28. The lowest BCUT2D eigenvalue weighted by Crippen LogP contribution is -2.38. The topological polar surface area (TPSA) is 50.3 Å². The van der Waals surface area contributed by atoms with E-state index in [4.69, 9.17) is 0 Å². The maximum absolute atomic E-state index is 13.4. The molecule has 1 fully saturated rings. The molecule has 1 aliphatic heterocycles. The van der Waals surface area contributed by atoms with Crippen molar-refractivity contribution >= 4 is 10.0 Å². The average molecular weight is 258 g/mol. The Morgan fingerprint density at radius 2 is 2.06 bits per heavy atom. The van der Waals surface area contributed by atoms with Crippen molar-refractivity contribution in [2.24, 2.45) is 5.92 Å². The average Bonchev–Trinajstić information content (AvgIpc) is 2.30. The molecule has 1 aromatic heterocycles. The van der Waals surface area contributed by atoms with Gasteiger partial charge in [0.05, 0.1) is 0 Å². The lowest BCUT2D eigenvalue weighted by atomic mass is 10.0. The molecule has 0 bridgehead atoms. The van der Waals surface area contributed by atoms with Crippen molar-refractivity contribution in [3.8, 4) is 0 Å². The predicted octanol–water partition coefficient (Wildman–Crippen LogP) is 1.64. The second-order valence-electron chi connectivity index (χ2n) is 4.38. The molecule has 1 aromatic rings. The highest BCUT2D eigenvalue weighted by Crippen LogP contribution is 2.23. The first-order valence-corrected chi connectivity index (χ1v) is 7.06. The van der Waals surface area contributed by atoms with Gasteiger partial charge in [0.2, 0.25) is 5.03 Å². The standard InChI is InChI=1S/C11H15FN2O2S/c1-9-4-7-14(8-5-9)17(15,16)11-10(12)3-2-6-13-11/h2-3,6,9H,4-5,7-8H2,1H3. The summed E-state index contributed by atoms with van der Waals surface area (Å²) in [4.78, 5) is 3.64. The molecule has 0 spiro atoms. The second kappa shape index (κ2) is 4.70. The van der Waals surface area contributed by atoms with Gasteiger partial charge in [-0.15, -0.1) is 0 Å². The SMILES string of the molecule is CC1CCN(S(=O)(=O)c2ncccc2F)CC1. The van der Waals surface area contributed by atoms with E-state index in [0.717, 1.165) is 18.9 Å². The summed E-state index contributed by atoms with van der Waals surface area (Å²) in [6.07, 6.45) is 2.92. The maximum Gasteiger partial charge on any atom is 0.263 e. The van der Waals surface area contributed by atoms with Gasteiger partial charge in [-0.2, -0.15) is 4.31 Å². The Hall–Kier alpha value is -1.01. The monoisotopic (exact) mass is 258 g/mol. The molecule has 2 heterocycles. The summed E-state index contributed by atoms with van der Waals surface area (Å²) in [6.45, 7) is 2.98. The number of pyridine rings is 1. The van der Waals surface area contributed by atoms with Gasteiger partial charge < -0.3 is 0 Å². The first kappa shape index (κ1) is 12.4.